The first kappa shape index (κ1) is 12.0. The number of rotatable bonds is 5. The number of hydrogen-bond acceptors (Lipinski definition) is 1. The second-order valence-corrected chi connectivity index (χ2v) is 4.12. The molecule has 0 aliphatic heterocycles. The Balaban J connectivity index is 2.70. The largest absolute Gasteiger partial charge is 0.399 e. The summed E-state index contributed by atoms with van der Waals surface area (Å²) in [5, 5.41) is 0. The Hall–Kier alpha value is -1.05. The lowest BCUT2D eigenvalue weighted by molar-refractivity contribution is 0.452. The summed E-state index contributed by atoms with van der Waals surface area (Å²) >= 11 is 0. The molecular formula is C13H20FN. The molecule has 84 valence electrons. The molecule has 1 aromatic rings. The van der Waals surface area contributed by atoms with Gasteiger partial charge in [-0.15, -0.1) is 0 Å². The Morgan fingerprint density at radius 2 is 2.07 bits per heavy atom. The van der Waals surface area contributed by atoms with Crippen LogP contribution in [0, 0.1) is 11.7 Å². The van der Waals surface area contributed by atoms with Gasteiger partial charge in [0.1, 0.15) is 5.82 Å². The average Bonchev–Trinajstić information content (AvgIpc) is 2.21. The molecule has 0 saturated heterocycles. The number of anilines is 1. The number of nitrogens with two attached hydrogens (primary N) is 1. The summed E-state index contributed by atoms with van der Waals surface area (Å²) in [6.45, 7) is 4.33. The van der Waals surface area contributed by atoms with Crippen molar-refractivity contribution in [3.8, 4) is 0 Å². The lowest BCUT2D eigenvalue weighted by atomic mass is 9.92. The topological polar surface area (TPSA) is 26.0 Å². The second kappa shape index (κ2) is 5.74. The van der Waals surface area contributed by atoms with Crippen LogP contribution in [0.2, 0.25) is 0 Å². The molecule has 1 rings (SSSR count). The van der Waals surface area contributed by atoms with Crippen LogP contribution in [0.25, 0.3) is 0 Å². The van der Waals surface area contributed by atoms with Crippen molar-refractivity contribution in [2.24, 2.45) is 5.92 Å². The molecule has 0 aliphatic rings. The first-order valence-electron chi connectivity index (χ1n) is 5.71. The molecule has 1 unspecified atom stereocenters. The highest BCUT2D eigenvalue weighted by molar-refractivity contribution is 5.40. The zero-order valence-corrected chi connectivity index (χ0v) is 9.59. The number of hydrogen-bond donors (Lipinski definition) is 1. The molecule has 0 saturated carbocycles. The van der Waals surface area contributed by atoms with Crippen molar-refractivity contribution in [3.63, 3.8) is 0 Å². The maximum absolute atomic E-state index is 13.5. The molecule has 0 bridgehead atoms. The van der Waals surface area contributed by atoms with E-state index in [1.54, 1.807) is 6.07 Å². The Morgan fingerprint density at radius 1 is 1.33 bits per heavy atom. The first-order chi connectivity index (χ1) is 7.17. The van der Waals surface area contributed by atoms with E-state index in [2.05, 4.69) is 13.8 Å². The van der Waals surface area contributed by atoms with E-state index in [1.807, 2.05) is 6.07 Å². The minimum Gasteiger partial charge on any atom is -0.399 e. The Labute approximate surface area is 91.5 Å². The highest BCUT2D eigenvalue weighted by atomic mass is 19.1. The van der Waals surface area contributed by atoms with E-state index in [4.69, 9.17) is 5.73 Å². The molecule has 0 amide bonds. The van der Waals surface area contributed by atoms with Gasteiger partial charge in [0.05, 0.1) is 0 Å². The predicted molar refractivity (Wildman–Crippen MR) is 63.2 cm³/mol. The number of benzene rings is 1. The third-order valence-corrected chi connectivity index (χ3v) is 2.86. The SMILES string of the molecule is CCCC(CC)Cc1ccc(N)cc1F. The van der Waals surface area contributed by atoms with Crippen LogP contribution in [0.15, 0.2) is 18.2 Å². The summed E-state index contributed by atoms with van der Waals surface area (Å²) in [7, 11) is 0. The van der Waals surface area contributed by atoms with E-state index in [0.29, 0.717) is 11.6 Å². The molecule has 1 aromatic carbocycles. The molecular weight excluding hydrogens is 189 g/mol. The normalized spacial score (nSPS) is 12.7. The van der Waals surface area contributed by atoms with Crippen molar-refractivity contribution in [1.29, 1.82) is 0 Å². The van der Waals surface area contributed by atoms with E-state index < -0.39 is 0 Å². The summed E-state index contributed by atoms with van der Waals surface area (Å²) in [4.78, 5) is 0. The van der Waals surface area contributed by atoms with Crippen LogP contribution < -0.4 is 5.73 Å². The minimum absolute atomic E-state index is 0.162. The zero-order chi connectivity index (χ0) is 11.3. The van der Waals surface area contributed by atoms with E-state index in [9.17, 15) is 4.39 Å². The zero-order valence-electron chi connectivity index (χ0n) is 9.59. The summed E-state index contributed by atoms with van der Waals surface area (Å²) in [5.41, 5.74) is 6.81. The summed E-state index contributed by atoms with van der Waals surface area (Å²) in [6, 6.07) is 4.99. The van der Waals surface area contributed by atoms with Gasteiger partial charge in [-0.2, -0.15) is 0 Å². The molecule has 0 fully saturated rings. The van der Waals surface area contributed by atoms with E-state index in [-0.39, 0.29) is 5.82 Å². The van der Waals surface area contributed by atoms with Crippen LogP contribution in [-0.2, 0) is 6.42 Å². The highest BCUT2D eigenvalue weighted by Gasteiger charge is 2.09. The van der Waals surface area contributed by atoms with Crippen molar-refractivity contribution >= 4 is 5.69 Å². The van der Waals surface area contributed by atoms with Gasteiger partial charge in [-0.1, -0.05) is 39.2 Å². The third-order valence-electron chi connectivity index (χ3n) is 2.86. The van der Waals surface area contributed by atoms with Crippen LogP contribution in [-0.4, -0.2) is 0 Å². The van der Waals surface area contributed by atoms with Gasteiger partial charge >= 0.3 is 0 Å². The van der Waals surface area contributed by atoms with Crippen LogP contribution in [0.3, 0.4) is 0 Å². The standard InChI is InChI=1S/C13H20FN/c1-3-5-10(4-2)8-11-6-7-12(15)9-13(11)14/h6-7,9-10H,3-5,8,15H2,1-2H3. The first-order valence-corrected chi connectivity index (χ1v) is 5.71. The molecule has 0 heterocycles. The van der Waals surface area contributed by atoms with Crippen LogP contribution in [0.1, 0.15) is 38.7 Å². The van der Waals surface area contributed by atoms with Crippen molar-refractivity contribution in [3.05, 3.63) is 29.6 Å². The molecule has 1 atom stereocenters. The second-order valence-electron chi connectivity index (χ2n) is 4.12. The molecule has 2 heteroatoms. The summed E-state index contributed by atoms with van der Waals surface area (Å²) < 4.78 is 13.5. The lowest BCUT2D eigenvalue weighted by Gasteiger charge is -2.14. The number of halogens is 1. The Bertz CT molecular complexity index is 309. The van der Waals surface area contributed by atoms with Crippen LogP contribution in [0.5, 0.6) is 0 Å². The Morgan fingerprint density at radius 3 is 2.60 bits per heavy atom. The van der Waals surface area contributed by atoms with Crippen LogP contribution in [0.4, 0.5) is 10.1 Å². The van der Waals surface area contributed by atoms with Gasteiger partial charge in [-0.25, -0.2) is 4.39 Å². The Kier molecular flexibility index (Phi) is 4.60. The van der Waals surface area contributed by atoms with Crippen molar-refractivity contribution < 1.29 is 4.39 Å². The van der Waals surface area contributed by atoms with Crippen molar-refractivity contribution in [1.82, 2.24) is 0 Å². The highest BCUT2D eigenvalue weighted by Crippen LogP contribution is 2.20. The van der Waals surface area contributed by atoms with E-state index in [0.717, 1.165) is 24.8 Å². The molecule has 1 nitrogen and oxygen atoms in total. The average molecular weight is 209 g/mol. The third kappa shape index (κ3) is 3.54. The number of nitrogen functional groups attached to an aromatic ring is 1. The molecule has 0 aromatic heterocycles. The van der Waals surface area contributed by atoms with Gasteiger partial charge in [0.2, 0.25) is 0 Å². The maximum Gasteiger partial charge on any atom is 0.128 e. The molecule has 0 aliphatic carbocycles. The lowest BCUT2D eigenvalue weighted by Crippen LogP contribution is -2.05. The van der Waals surface area contributed by atoms with E-state index in [1.165, 1.54) is 12.5 Å². The van der Waals surface area contributed by atoms with Gasteiger partial charge in [0.25, 0.3) is 0 Å². The summed E-state index contributed by atoms with van der Waals surface area (Å²) in [5.74, 6) is 0.428. The van der Waals surface area contributed by atoms with E-state index >= 15 is 0 Å². The van der Waals surface area contributed by atoms with Gasteiger partial charge in [0.15, 0.2) is 0 Å². The molecule has 15 heavy (non-hydrogen) atoms. The predicted octanol–water partition coefficient (Wildman–Crippen LogP) is 3.78. The van der Waals surface area contributed by atoms with Crippen LogP contribution >= 0.6 is 0 Å². The fraction of sp³-hybridized carbons (Fsp3) is 0.538. The monoisotopic (exact) mass is 209 g/mol. The summed E-state index contributed by atoms with van der Waals surface area (Å²) in [6.07, 6.45) is 4.27. The quantitative estimate of drug-likeness (QED) is 0.734. The molecule has 0 spiro atoms. The van der Waals surface area contributed by atoms with Crippen molar-refractivity contribution in [2.45, 2.75) is 39.5 Å². The molecule has 0 radical (unpaired) electrons. The smallest absolute Gasteiger partial charge is 0.128 e. The fourth-order valence-corrected chi connectivity index (χ4v) is 1.90. The maximum atomic E-state index is 13.5. The van der Waals surface area contributed by atoms with Gasteiger partial charge in [-0.3, -0.25) is 0 Å². The van der Waals surface area contributed by atoms with Gasteiger partial charge in [-0.05, 0) is 30.0 Å². The van der Waals surface area contributed by atoms with Gasteiger partial charge < -0.3 is 5.73 Å². The van der Waals surface area contributed by atoms with Gasteiger partial charge in [0, 0.05) is 5.69 Å². The fourth-order valence-electron chi connectivity index (χ4n) is 1.90. The van der Waals surface area contributed by atoms with Crippen molar-refractivity contribution in [2.75, 3.05) is 5.73 Å². The minimum atomic E-state index is -0.162. The molecule has 2 N–H and O–H groups in total.